The Morgan fingerprint density at radius 3 is 2.67 bits per heavy atom. The molecule has 1 amide bonds. The van der Waals surface area contributed by atoms with E-state index in [2.05, 4.69) is 29.5 Å². The van der Waals surface area contributed by atoms with Gasteiger partial charge in [0.15, 0.2) is 0 Å². The standard InChI is InChI=1S/C14H27N3O/c1-11-4-3-5-13(16-11)14(18)15-10-12-6-8-17(2)9-7-12/h11-13,16H,3-10H2,1-2H3,(H,15,18). The van der Waals surface area contributed by atoms with Crippen LogP contribution in [0, 0.1) is 5.92 Å². The van der Waals surface area contributed by atoms with Gasteiger partial charge in [0, 0.05) is 12.6 Å². The number of carbonyl (C=O) groups excluding carboxylic acids is 1. The third-order valence-corrected chi connectivity index (χ3v) is 4.34. The normalized spacial score (nSPS) is 31.2. The quantitative estimate of drug-likeness (QED) is 0.788. The van der Waals surface area contributed by atoms with Gasteiger partial charge in [-0.1, -0.05) is 0 Å². The number of amides is 1. The van der Waals surface area contributed by atoms with Crippen LogP contribution in [0.1, 0.15) is 39.0 Å². The average Bonchev–Trinajstić information content (AvgIpc) is 2.38. The third kappa shape index (κ3) is 3.95. The molecule has 0 aromatic rings. The number of hydrogen-bond donors (Lipinski definition) is 2. The summed E-state index contributed by atoms with van der Waals surface area (Å²) in [6.45, 7) is 5.36. The van der Waals surface area contributed by atoms with Gasteiger partial charge < -0.3 is 15.5 Å². The molecule has 2 atom stereocenters. The van der Waals surface area contributed by atoms with Gasteiger partial charge in [-0.2, -0.15) is 0 Å². The highest BCUT2D eigenvalue weighted by molar-refractivity contribution is 5.81. The van der Waals surface area contributed by atoms with E-state index in [-0.39, 0.29) is 11.9 Å². The molecule has 2 rings (SSSR count). The van der Waals surface area contributed by atoms with Crippen molar-refractivity contribution in [2.75, 3.05) is 26.7 Å². The largest absolute Gasteiger partial charge is 0.354 e. The molecule has 4 heteroatoms. The first-order valence-electron chi connectivity index (χ1n) is 7.37. The molecule has 2 aliphatic heterocycles. The maximum absolute atomic E-state index is 12.1. The van der Waals surface area contributed by atoms with Crippen molar-refractivity contribution in [1.82, 2.24) is 15.5 Å². The Morgan fingerprint density at radius 2 is 2.00 bits per heavy atom. The first kappa shape index (κ1) is 13.8. The van der Waals surface area contributed by atoms with Crippen molar-refractivity contribution in [3.05, 3.63) is 0 Å². The molecular weight excluding hydrogens is 226 g/mol. The van der Waals surface area contributed by atoms with E-state index in [1.54, 1.807) is 0 Å². The summed E-state index contributed by atoms with van der Waals surface area (Å²) in [5, 5.41) is 6.53. The zero-order valence-electron chi connectivity index (χ0n) is 11.7. The molecule has 0 aromatic carbocycles. The molecular formula is C14H27N3O. The maximum Gasteiger partial charge on any atom is 0.237 e. The second-order valence-electron chi connectivity index (χ2n) is 6.04. The van der Waals surface area contributed by atoms with Gasteiger partial charge >= 0.3 is 0 Å². The van der Waals surface area contributed by atoms with Crippen LogP contribution in [0.2, 0.25) is 0 Å². The minimum Gasteiger partial charge on any atom is -0.354 e. The van der Waals surface area contributed by atoms with E-state index < -0.39 is 0 Å². The topological polar surface area (TPSA) is 44.4 Å². The van der Waals surface area contributed by atoms with Crippen molar-refractivity contribution in [1.29, 1.82) is 0 Å². The lowest BCUT2D eigenvalue weighted by Gasteiger charge is -2.31. The Labute approximate surface area is 110 Å². The van der Waals surface area contributed by atoms with Gasteiger partial charge in [0.2, 0.25) is 5.91 Å². The van der Waals surface area contributed by atoms with Gasteiger partial charge in [-0.3, -0.25) is 4.79 Å². The molecule has 104 valence electrons. The van der Waals surface area contributed by atoms with E-state index >= 15 is 0 Å². The Morgan fingerprint density at radius 1 is 1.28 bits per heavy atom. The molecule has 2 heterocycles. The third-order valence-electron chi connectivity index (χ3n) is 4.34. The number of nitrogens with one attached hydrogen (secondary N) is 2. The summed E-state index contributed by atoms with van der Waals surface area (Å²) in [5.74, 6) is 0.881. The van der Waals surface area contributed by atoms with Gasteiger partial charge in [0.05, 0.1) is 6.04 Å². The predicted molar refractivity (Wildman–Crippen MR) is 73.5 cm³/mol. The van der Waals surface area contributed by atoms with Crippen LogP contribution in [0.3, 0.4) is 0 Å². The lowest BCUT2D eigenvalue weighted by Crippen LogP contribution is -2.51. The van der Waals surface area contributed by atoms with Crippen molar-refractivity contribution in [3.8, 4) is 0 Å². The second kappa shape index (κ2) is 6.53. The zero-order valence-corrected chi connectivity index (χ0v) is 11.7. The van der Waals surface area contributed by atoms with Crippen LogP contribution in [-0.4, -0.2) is 49.6 Å². The average molecular weight is 253 g/mol. The van der Waals surface area contributed by atoms with Crippen molar-refractivity contribution < 1.29 is 4.79 Å². The number of piperidine rings is 2. The summed E-state index contributed by atoms with van der Waals surface area (Å²) in [4.78, 5) is 14.4. The lowest BCUT2D eigenvalue weighted by atomic mass is 9.96. The van der Waals surface area contributed by atoms with Crippen molar-refractivity contribution in [2.24, 2.45) is 5.92 Å². The van der Waals surface area contributed by atoms with Crippen LogP contribution in [0.5, 0.6) is 0 Å². The fraction of sp³-hybridized carbons (Fsp3) is 0.929. The van der Waals surface area contributed by atoms with E-state index in [1.807, 2.05) is 0 Å². The van der Waals surface area contributed by atoms with E-state index in [9.17, 15) is 4.79 Å². The summed E-state index contributed by atoms with van der Waals surface area (Å²) in [6, 6.07) is 0.526. The summed E-state index contributed by atoms with van der Waals surface area (Å²) in [6.07, 6.45) is 5.78. The first-order valence-corrected chi connectivity index (χ1v) is 7.37. The van der Waals surface area contributed by atoms with Crippen LogP contribution in [0.15, 0.2) is 0 Å². The highest BCUT2D eigenvalue weighted by Gasteiger charge is 2.25. The van der Waals surface area contributed by atoms with E-state index in [0.717, 1.165) is 13.0 Å². The molecule has 2 aliphatic rings. The SMILES string of the molecule is CC1CCCC(C(=O)NCC2CCN(C)CC2)N1. The van der Waals surface area contributed by atoms with Gasteiger partial charge in [0.1, 0.15) is 0 Å². The highest BCUT2D eigenvalue weighted by Crippen LogP contribution is 2.16. The van der Waals surface area contributed by atoms with Crippen LogP contribution >= 0.6 is 0 Å². The monoisotopic (exact) mass is 253 g/mol. The molecule has 2 saturated heterocycles. The fourth-order valence-corrected chi connectivity index (χ4v) is 2.98. The molecule has 2 N–H and O–H groups in total. The number of likely N-dealkylation sites (tertiary alicyclic amines) is 1. The Balaban J connectivity index is 1.68. The Kier molecular flexibility index (Phi) is 5.01. The molecule has 0 spiro atoms. The lowest BCUT2D eigenvalue weighted by molar-refractivity contribution is -0.124. The van der Waals surface area contributed by atoms with Gasteiger partial charge in [0.25, 0.3) is 0 Å². The number of nitrogens with zero attached hydrogens (tertiary/aromatic N) is 1. The predicted octanol–water partition coefficient (Wildman–Crippen LogP) is 0.975. The molecule has 2 fully saturated rings. The smallest absolute Gasteiger partial charge is 0.237 e. The van der Waals surface area contributed by atoms with Crippen LogP contribution in [0.4, 0.5) is 0 Å². The van der Waals surface area contributed by atoms with Gasteiger partial charge in [-0.05, 0) is 65.1 Å². The first-order chi connectivity index (χ1) is 8.65. The van der Waals surface area contributed by atoms with E-state index in [4.69, 9.17) is 0 Å². The molecule has 4 nitrogen and oxygen atoms in total. The Bertz CT molecular complexity index is 274. The molecule has 0 saturated carbocycles. The van der Waals surface area contributed by atoms with Crippen LogP contribution < -0.4 is 10.6 Å². The molecule has 18 heavy (non-hydrogen) atoms. The summed E-state index contributed by atoms with van der Waals surface area (Å²) < 4.78 is 0. The van der Waals surface area contributed by atoms with Crippen LogP contribution in [-0.2, 0) is 4.79 Å². The summed E-state index contributed by atoms with van der Waals surface area (Å²) >= 11 is 0. The number of hydrogen-bond acceptors (Lipinski definition) is 3. The second-order valence-corrected chi connectivity index (χ2v) is 6.04. The summed E-state index contributed by atoms with van der Waals surface area (Å²) in [7, 11) is 2.17. The van der Waals surface area contributed by atoms with E-state index in [0.29, 0.717) is 12.0 Å². The maximum atomic E-state index is 12.1. The molecule has 0 aromatic heterocycles. The van der Waals surface area contributed by atoms with Crippen molar-refractivity contribution in [3.63, 3.8) is 0 Å². The molecule has 2 unspecified atom stereocenters. The number of rotatable bonds is 3. The Hall–Kier alpha value is -0.610. The molecule has 0 aliphatic carbocycles. The van der Waals surface area contributed by atoms with Crippen LogP contribution in [0.25, 0.3) is 0 Å². The molecule has 0 radical (unpaired) electrons. The summed E-state index contributed by atoms with van der Waals surface area (Å²) in [5.41, 5.74) is 0. The highest BCUT2D eigenvalue weighted by atomic mass is 16.2. The molecule has 0 bridgehead atoms. The van der Waals surface area contributed by atoms with E-state index in [1.165, 1.54) is 38.8 Å². The van der Waals surface area contributed by atoms with Gasteiger partial charge in [-0.25, -0.2) is 0 Å². The van der Waals surface area contributed by atoms with Crippen molar-refractivity contribution >= 4 is 5.91 Å². The minimum atomic E-state index is 0.0417. The zero-order chi connectivity index (χ0) is 13.0. The minimum absolute atomic E-state index is 0.0417. The fourth-order valence-electron chi connectivity index (χ4n) is 2.98. The van der Waals surface area contributed by atoms with Crippen molar-refractivity contribution in [2.45, 2.75) is 51.1 Å². The van der Waals surface area contributed by atoms with Gasteiger partial charge in [-0.15, -0.1) is 0 Å². The number of carbonyl (C=O) groups is 1.